The van der Waals surface area contributed by atoms with Crippen LogP contribution in [0.1, 0.15) is 0 Å². The summed E-state index contributed by atoms with van der Waals surface area (Å²) >= 11 is 0. The molecule has 0 amide bonds. The molecule has 0 fully saturated rings. The Morgan fingerprint density at radius 3 is 2.62 bits per heavy atom. The zero-order valence-electron chi connectivity index (χ0n) is 6.15. The van der Waals surface area contributed by atoms with E-state index in [9.17, 15) is 23.3 Å². The molecule has 0 unspecified atom stereocenters. The zero-order chi connectivity index (χ0) is 10.1. The maximum absolute atomic E-state index is 11.7. The van der Waals surface area contributed by atoms with Gasteiger partial charge in [0.15, 0.2) is 0 Å². The third-order valence-electron chi connectivity index (χ3n) is 1.17. The number of halogens is 3. The van der Waals surface area contributed by atoms with Gasteiger partial charge in [-0.15, -0.1) is 0 Å². The molecule has 8 heteroatoms. The fourth-order valence-corrected chi connectivity index (χ4v) is 0.736. The molecule has 0 aliphatic rings. The maximum Gasteiger partial charge on any atom is 0.406 e. The van der Waals surface area contributed by atoms with E-state index < -0.39 is 23.5 Å². The molecule has 1 aromatic rings. The normalized spacial score (nSPS) is 11.6. The third kappa shape index (κ3) is 2.73. The van der Waals surface area contributed by atoms with Gasteiger partial charge in [-0.3, -0.25) is 0 Å². The molecule has 1 aromatic heterocycles. The van der Waals surface area contributed by atoms with Crippen LogP contribution >= 0.6 is 0 Å². The van der Waals surface area contributed by atoms with E-state index in [0.717, 1.165) is 12.5 Å². The monoisotopic (exact) mass is 195 g/mol. The van der Waals surface area contributed by atoms with E-state index in [1.807, 2.05) is 0 Å². The Hall–Kier alpha value is -1.60. The first kappa shape index (κ1) is 9.49. The first-order valence-electron chi connectivity index (χ1n) is 3.11. The second kappa shape index (κ2) is 3.04. The topological polar surface area (TPSA) is 61.0 Å². The minimum atomic E-state index is -4.39. The molecule has 0 aliphatic carbocycles. The second-order valence-corrected chi connectivity index (χ2v) is 2.28. The quantitative estimate of drug-likeness (QED) is 0.528. The molecule has 0 spiro atoms. The van der Waals surface area contributed by atoms with Crippen molar-refractivity contribution in [1.29, 1.82) is 0 Å². The predicted molar refractivity (Wildman–Crippen MR) is 34.9 cm³/mol. The van der Waals surface area contributed by atoms with Gasteiger partial charge in [-0.2, -0.15) is 13.2 Å². The Morgan fingerprint density at radius 2 is 2.23 bits per heavy atom. The van der Waals surface area contributed by atoms with Gasteiger partial charge < -0.3 is 14.7 Å². The van der Waals surface area contributed by atoms with Gasteiger partial charge in [0.1, 0.15) is 12.7 Å². The van der Waals surface area contributed by atoms with E-state index in [1.165, 1.54) is 0 Å². The van der Waals surface area contributed by atoms with Crippen LogP contribution in [0.5, 0.6) is 0 Å². The van der Waals surface area contributed by atoms with E-state index >= 15 is 0 Å². The van der Waals surface area contributed by atoms with Gasteiger partial charge in [-0.1, -0.05) is 0 Å². The Kier molecular flexibility index (Phi) is 2.22. The highest BCUT2D eigenvalue weighted by molar-refractivity contribution is 5.12. The molecule has 5 nitrogen and oxygen atoms in total. The first-order valence-corrected chi connectivity index (χ1v) is 3.11. The molecule has 0 radical (unpaired) electrons. The summed E-state index contributed by atoms with van der Waals surface area (Å²) in [5.74, 6) is -0.593. The van der Waals surface area contributed by atoms with Crippen LogP contribution in [0.25, 0.3) is 0 Å². The molecule has 1 rings (SSSR count). The third-order valence-corrected chi connectivity index (χ3v) is 1.17. The summed E-state index contributed by atoms with van der Waals surface area (Å²) in [6.07, 6.45) is -2.90. The van der Waals surface area contributed by atoms with E-state index in [-0.39, 0.29) is 0 Å². The number of nitro groups is 1. The van der Waals surface area contributed by atoms with E-state index in [0.29, 0.717) is 4.57 Å². The highest BCUT2D eigenvalue weighted by Gasteiger charge is 2.29. The van der Waals surface area contributed by atoms with Crippen LogP contribution in [-0.2, 0) is 6.54 Å². The number of aromatic nitrogens is 2. The molecule has 0 aromatic carbocycles. The van der Waals surface area contributed by atoms with Gasteiger partial charge in [-0.05, 0) is 9.91 Å². The highest BCUT2D eigenvalue weighted by atomic mass is 19.4. The van der Waals surface area contributed by atoms with Crippen LogP contribution in [0, 0.1) is 10.1 Å². The van der Waals surface area contributed by atoms with E-state index in [4.69, 9.17) is 0 Å². The minimum Gasteiger partial charge on any atom is -0.358 e. The van der Waals surface area contributed by atoms with E-state index in [1.54, 1.807) is 0 Å². The smallest absolute Gasteiger partial charge is 0.358 e. The predicted octanol–water partition coefficient (Wildman–Crippen LogP) is 1.35. The van der Waals surface area contributed by atoms with Crippen LogP contribution in [0.15, 0.2) is 12.5 Å². The van der Waals surface area contributed by atoms with Crippen molar-refractivity contribution < 1.29 is 18.1 Å². The van der Waals surface area contributed by atoms with Crippen LogP contribution in [-0.4, -0.2) is 20.7 Å². The Labute approximate surface area is 69.9 Å². The lowest BCUT2D eigenvalue weighted by atomic mass is 10.6. The molecule has 72 valence electrons. The van der Waals surface area contributed by atoms with Gasteiger partial charge in [0.05, 0.1) is 0 Å². The van der Waals surface area contributed by atoms with Crippen LogP contribution in [0.3, 0.4) is 0 Å². The SMILES string of the molecule is O=[N+]([O-])c1cn(CC(F)(F)F)cn1. The number of rotatable bonds is 2. The van der Waals surface area contributed by atoms with E-state index in [2.05, 4.69) is 4.98 Å². The summed E-state index contributed by atoms with van der Waals surface area (Å²) in [7, 11) is 0. The molecule has 0 bridgehead atoms. The van der Waals surface area contributed by atoms with Gasteiger partial charge >= 0.3 is 12.0 Å². The van der Waals surface area contributed by atoms with Crippen molar-refractivity contribution in [3.8, 4) is 0 Å². The Bertz CT molecular complexity index is 319. The van der Waals surface area contributed by atoms with Crippen molar-refractivity contribution in [2.75, 3.05) is 0 Å². The summed E-state index contributed by atoms with van der Waals surface area (Å²) < 4.78 is 35.8. The largest absolute Gasteiger partial charge is 0.406 e. The fraction of sp³-hybridized carbons (Fsp3) is 0.400. The molecule has 0 saturated heterocycles. The average Bonchev–Trinajstić information content (AvgIpc) is 2.31. The maximum atomic E-state index is 11.7. The molecule has 1 heterocycles. The van der Waals surface area contributed by atoms with Crippen molar-refractivity contribution in [2.24, 2.45) is 0 Å². The van der Waals surface area contributed by atoms with Crippen LogP contribution < -0.4 is 0 Å². The summed E-state index contributed by atoms with van der Waals surface area (Å²) in [5, 5.41) is 10.0. The average molecular weight is 195 g/mol. The fourth-order valence-electron chi connectivity index (χ4n) is 0.736. The minimum absolute atomic E-state index is 0.593. The van der Waals surface area contributed by atoms with Crippen LogP contribution in [0.4, 0.5) is 19.0 Å². The van der Waals surface area contributed by atoms with Crippen molar-refractivity contribution in [3.05, 3.63) is 22.6 Å². The molecule has 0 N–H and O–H groups in total. The molecule has 0 aliphatic heterocycles. The lowest BCUT2D eigenvalue weighted by molar-refractivity contribution is -0.389. The lowest BCUT2D eigenvalue weighted by Gasteiger charge is -2.03. The summed E-state index contributed by atoms with van der Waals surface area (Å²) in [6, 6.07) is 0. The standard InChI is InChI=1S/C5H4F3N3O2/c6-5(7,8)2-10-1-4(9-3-10)11(12)13/h1,3H,2H2. The summed E-state index contributed by atoms with van der Waals surface area (Å²) in [5.41, 5.74) is 0. The van der Waals surface area contributed by atoms with Crippen molar-refractivity contribution in [3.63, 3.8) is 0 Å². The van der Waals surface area contributed by atoms with Crippen molar-refractivity contribution in [1.82, 2.24) is 9.55 Å². The van der Waals surface area contributed by atoms with Crippen molar-refractivity contribution >= 4 is 5.82 Å². The highest BCUT2D eigenvalue weighted by Crippen LogP contribution is 2.18. The Balaban J connectivity index is 2.75. The van der Waals surface area contributed by atoms with Gasteiger partial charge in [0.2, 0.25) is 6.33 Å². The number of hydrogen-bond donors (Lipinski definition) is 0. The second-order valence-electron chi connectivity index (χ2n) is 2.28. The number of alkyl halides is 3. The Morgan fingerprint density at radius 1 is 1.62 bits per heavy atom. The van der Waals surface area contributed by atoms with Gasteiger partial charge in [0.25, 0.3) is 0 Å². The van der Waals surface area contributed by atoms with Gasteiger partial charge in [0, 0.05) is 0 Å². The molecule has 0 atom stereocenters. The lowest BCUT2D eigenvalue weighted by Crippen LogP contribution is -2.16. The van der Waals surface area contributed by atoms with Gasteiger partial charge in [-0.25, -0.2) is 0 Å². The zero-order valence-corrected chi connectivity index (χ0v) is 6.15. The molecule has 13 heavy (non-hydrogen) atoms. The molecular formula is C5H4F3N3O2. The van der Waals surface area contributed by atoms with Crippen molar-refractivity contribution in [2.45, 2.75) is 12.7 Å². The first-order chi connectivity index (χ1) is 5.88. The summed E-state index contributed by atoms with van der Waals surface area (Å²) in [6.45, 7) is -1.27. The summed E-state index contributed by atoms with van der Waals surface area (Å²) in [4.78, 5) is 12.3. The van der Waals surface area contributed by atoms with Crippen LogP contribution in [0.2, 0.25) is 0 Å². The number of imidazole rings is 1. The number of nitrogens with zero attached hydrogens (tertiary/aromatic N) is 3. The molecule has 0 saturated carbocycles. The number of hydrogen-bond acceptors (Lipinski definition) is 3. The molecular weight excluding hydrogens is 191 g/mol.